The Labute approximate surface area is 78.7 Å². The summed E-state index contributed by atoms with van der Waals surface area (Å²) in [6.07, 6.45) is 5.44. The molecular formula is C11H14N2. The van der Waals surface area contributed by atoms with Gasteiger partial charge in [-0.1, -0.05) is 12.1 Å². The lowest BCUT2D eigenvalue weighted by Crippen LogP contribution is -2.01. The van der Waals surface area contributed by atoms with Crippen molar-refractivity contribution in [2.75, 3.05) is 11.9 Å². The minimum atomic E-state index is 0.784. The highest BCUT2D eigenvalue weighted by Crippen LogP contribution is 2.21. The molecule has 1 aliphatic carbocycles. The van der Waals surface area contributed by atoms with Crippen molar-refractivity contribution < 1.29 is 0 Å². The maximum Gasteiger partial charge on any atom is 0.126 e. The van der Waals surface area contributed by atoms with E-state index in [1.165, 1.54) is 24.1 Å². The topological polar surface area (TPSA) is 24.9 Å². The third-order valence-corrected chi connectivity index (χ3v) is 2.36. The molecule has 0 saturated carbocycles. The molecule has 0 fully saturated rings. The first kappa shape index (κ1) is 8.30. The summed E-state index contributed by atoms with van der Waals surface area (Å²) in [5, 5.41) is 3.19. The second kappa shape index (κ2) is 3.60. The summed E-state index contributed by atoms with van der Waals surface area (Å²) in [5.74, 6) is 0.973. The summed E-state index contributed by atoms with van der Waals surface area (Å²) >= 11 is 0. The van der Waals surface area contributed by atoms with Gasteiger partial charge in [0, 0.05) is 12.2 Å². The van der Waals surface area contributed by atoms with Crippen LogP contribution in [0.25, 0.3) is 0 Å². The van der Waals surface area contributed by atoms with Crippen molar-refractivity contribution >= 4 is 5.82 Å². The van der Waals surface area contributed by atoms with Gasteiger partial charge in [0.1, 0.15) is 5.82 Å². The molecule has 0 amide bonds. The molecule has 1 aliphatic rings. The normalized spacial score (nSPS) is 13.8. The van der Waals surface area contributed by atoms with Crippen LogP contribution in [0.1, 0.15) is 17.7 Å². The van der Waals surface area contributed by atoms with Gasteiger partial charge in [-0.05, 0) is 30.9 Å². The number of rotatable bonds is 3. The molecule has 0 aromatic carbocycles. The zero-order chi connectivity index (χ0) is 9.10. The van der Waals surface area contributed by atoms with Crippen LogP contribution in [-0.2, 0) is 12.8 Å². The van der Waals surface area contributed by atoms with Crippen LogP contribution in [0.4, 0.5) is 5.82 Å². The first-order valence-corrected chi connectivity index (χ1v) is 4.74. The fourth-order valence-electron chi connectivity index (χ4n) is 1.70. The lowest BCUT2D eigenvalue weighted by molar-refractivity contribution is 0.899. The third-order valence-electron chi connectivity index (χ3n) is 2.36. The molecule has 0 spiro atoms. The smallest absolute Gasteiger partial charge is 0.126 e. The van der Waals surface area contributed by atoms with Gasteiger partial charge >= 0.3 is 0 Å². The molecule has 0 radical (unpaired) electrons. The Balaban J connectivity index is 2.16. The van der Waals surface area contributed by atoms with Gasteiger partial charge in [-0.2, -0.15) is 0 Å². The summed E-state index contributed by atoms with van der Waals surface area (Å²) in [7, 11) is 0. The van der Waals surface area contributed by atoms with E-state index < -0.39 is 0 Å². The highest BCUT2D eigenvalue weighted by molar-refractivity contribution is 5.40. The van der Waals surface area contributed by atoms with E-state index in [-0.39, 0.29) is 0 Å². The van der Waals surface area contributed by atoms with Gasteiger partial charge in [0.15, 0.2) is 0 Å². The summed E-state index contributed by atoms with van der Waals surface area (Å²) in [5.41, 5.74) is 2.69. The quantitative estimate of drug-likeness (QED) is 0.710. The molecule has 0 atom stereocenters. The highest BCUT2D eigenvalue weighted by Gasteiger charge is 2.11. The van der Waals surface area contributed by atoms with E-state index in [0.29, 0.717) is 0 Å². The third kappa shape index (κ3) is 1.72. The van der Waals surface area contributed by atoms with Crippen LogP contribution in [0.5, 0.6) is 0 Å². The first-order chi connectivity index (χ1) is 6.40. The zero-order valence-electron chi connectivity index (χ0n) is 7.71. The molecule has 2 rings (SSSR count). The van der Waals surface area contributed by atoms with Gasteiger partial charge in [-0.15, -0.1) is 6.58 Å². The van der Waals surface area contributed by atoms with Crippen molar-refractivity contribution in [2.24, 2.45) is 0 Å². The largest absolute Gasteiger partial charge is 0.367 e. The highest BCUT2D eigenvalue weighted by atomic mass is 15.0. The maximum absolute atomic E-state index is 4.53. The van der Waals surface area contributed by atoms with Gasteiger partial charge in [-0.3, -0.25) is 0 Å². The first-order valence-electron chi connectivity index (χ1n) is 4.74. The predicted octanol–water partition coefficient (Wildman–Crippen LogP) is 2.17. The number of anilines is 1. The van der Waals surface area contributed by atoms with Gasteiger partial charge in [0.25, 0.3) is 0 Å². The van der Waals surface area contributed by atoms with E-state index >= 15 is 0 Å². The lowest BCUT2D eigenvalue weighted by atomic mass is 10.2. The molecular weight excluding hydrogens is 160 g/mol. The van der Waals surface area contributed by atoms with Crippen LogP contribution in [0.3, 0.4) is 0 Å². The van der Waals surface area contributed by atoms with E-state index in [4.69, 9.17) is 0 Å². The summed E-state index contributed by atoms with van der Waals surface area (Å²) in [6, 6.07) is 4.23. The van der Waals surface area contributed by atoms with E-state index in [1.807, 2.05) is 12.1 Å². The number of pyridine rings is 1. The molecule has 0 saturated heterocycles. The Morgan fingerprint density at radius 3 is 3.23 bits per heavy atom. The lowest BCUT2D eigenvalue weighted by Gasteiger charge is -2.04. The van der Waals surface area contributed by atoms with Gasteiger partial charge in [0.05, 0.1) is 0 Å². The monoisotopic (exact) mass is 174 g/mol. The van der Waals surface area contributed by atoms with Crippen molar-refractivity contribution in [3.8, 4) is 0 Å². The van der Waals surface area contributed by atoms with E-state index in [1.54, 1.807) is 0 Å². The molecule has 0 bridgehead atoms. The fraction of sp³-hybridized carbons (Fsp3) is 0.364. The standard InChI is InChI=1S/C11H14N2/c1-2-8-12-11-7-6-9-4-3-5-10(9)13-11/h2,6-7H,1,3-5,8H2,(H,12,13). The Morgan fingerprint density at radius 2 is 2.38 bits per heavy atom. The van der Waals surface area contributed by atoms with Crippen molar-refractivity contribution in [1.82, 2.24) is 4.98 Å². The number of aryl methyl sites for hydroxylation is 2. The van der Waals surface area contributed by atoms with Crippen LogP contribution < -0.4 is 5.32 Å². The fourth-order valence-corrected chi connectivity index (χ4v) is 1.70. The van der Waals surface area contributed by atoms with Crippen LogP contribution in [0.15, 0.2) is 24.8 Å². The molecule has 0 aliphatic heterocycles. The molecule has 2 nitrogen and oxygen atoms in total. The number of hydrogen-bond donors (Lipinski definition) is 1. The second-order valence-electron chi connectivity index (χ2n) is 3.33. The Kier molecular flexibility index (Phi) is 2.30. The van der Waals surface area contributed by atoms with Crippen molar-refractivity contribution in [2.45, 2.75) is 19.3 Å². The second-order valence-corrected chi connectivity index (χ2v) is 3.33. The zero-order valence-corrected chi connectivity index (χ0v) is 7.71. The van der Waals surface area contributed by atoms with Crippen molar-refractivity contribution in [3.05, 3.63) is 36.0 Å². The molecule has 2 heteroatoms. The van der Waals surface area contributed by atoms with Gasteiger partial charge in [0.2, 0.25) is 0 Å². The molecule has 1 heterocycles. The van der Waals surface area contributed by atoms with Crippen molar-refractivity contribution in [3.63, 3.8) is 0 Å². The predicted molar refractivity (Wildman–Crippen MR) is 54.9 cm³/mol. The summed E-state index contributed by atoms with van der Waals surface area (Å²) in [4.78, 5) is 4.53. The number of aromatic nitrogens is 1. The number of fused-ring (bicyclic) bond motifs is 1. The molecule has 13 heavy (non-hydrogen) atoms. The Morgan fingerprint density at radius 1 is 1.46 bits per heavy atom. The Bertz CT molecular complexity index is 318. The molecule has 0 unspecified atom stereocenters. The van der Waals surface area contributed by atoms with Gasteiger partial charge in [-0.25, -0.2) is 4.98 Å². The minimum absolute atomic E-state index is 0.784. The van der Waals surface area contributed by atoms with Crippen LogP contribution >= 0.6 is 0 Å². The average Bonchev–Trinajstić information content (AvgIpc) is 2.61. The van der Waals surface area contributed by atoms with Crippen LogP contribution in [-0.4, -0.2) is 11.5 Å². The van der Waals surface area contributed by atoms with Crippen LogP contribution in [0.2, 0.25) is 0 Å². The summed E-state index contributed by atoms with van der Waals surface area (Å²) in [6.45, 7) is 4.44. The average molecular weight is 174 g/mol. The molecule has 68 valence electrons. The number of nitrogens with one attached hydrogen (secondary N) is 1. The molecule has 1 N–H and O–H groups in total. The Hall–Kier alpha value is -1.31. The minimum Gasteiger partial charge on any atom is -0.367 e. The van der Waals surface area contributed by atoms with Crippen molar-refractivity contribution in [1.29, 1.82) is 0 Å². The van der Waals surface area contributed by atoms with E-state index in [2.05, 4.69) is 22.9 Å². The SMILES string of the molecule is C=CCNc1ccc2c(n1)CCC2. The molecule has 1 aromatic rings. The van der Waals surface area contributed by atoms with Gasteiger partial charge < -0.3 is 5.32 Å². The van der Waals surface area contributed by atoms with E-state index in [0.717, 1.165) is 18.8 Å². The van der Waals surface area contributed by atoms with Crippen LogP contribution in [0, 0.1) is 0 Å². The van der Waals surface area contributed by atoms with E-state index in [9.17, 15) is 0 Å². The molecule has 1 aromatic heterocycles. The maximum atomic E-state index is 4.53. The number of nitrogens with zero attached hydrogens (tertiary/aromatic N) is 1. The number of hydrogen-bond acceptors (Lipinski definition) is 2. The summed E-state index contributed by atoms with van der Waals surface area (Å²) < 4.78 is 0.